The molecule has 80 valence electrons. The van der Waals surface area contributed by atoms with E-state index in [1.807, 2.05) is 30.3 Å². The Labute approximate surface area is 98.1 Å². The van der Waals surface area contributed by atoms with Crippen molar-refractivity contribution in [1.29, 1.82) is 0 Å². The Hall–Kier alpha value is -1.09. The lowest BCUT2D eigenvalue weighted by atomic mass is 10.1. The van der Waals surface area contributed by atoms with Gasteiger partial charge in [-0.15, -0.1) is 0 Å². The quantitative estimate of drug-likeness (QED) is 0.466. The van der Waals surface area contributed by atoms with Crippen molar-refractivity contribution in [3.8, 4) is 0 Å². The zero-order chi connectivity index (χ0) is 11.1. The van der Waals surface area contributed by atoms with Crippen LogP contribution in [0.3, 0.4) is 0 Å². The number of esters is 1. The van der Waals surface area contributed by atoms with Crippen LogP contribution in [-0.2, 0) is 9.53 Å². The first-order chi connectivity index (χ1) is 7.24. The summed E-state index contributed by atoms with van der Waals surface area (Å²) in [4.78, 5) is 11.3. The van der Waals surface area contributed by atoms with Gasteiger partial charge >= 0.3 is 5.97 Å². The van der Waals surface area contributed by atoms with Crippen molar-refractivity contribution >= 4 is 21.9 Å². The molecule has 0 fully saturated rings. The first-order valence-electron chi connectivity index (χ1n) is 4.69. The summed E-state index contributed by atoms with van der Waals surface area (Å²) in [5, 5.41) is 0. The predicted molar refractivity (Wildman–Crippen MR) is 63.9 cm³/mol. The normalized spacial score (nSPS) is 11.8. The largest absolute Gasteiger partial charge is 0.461 e. The third-order valence-electron chi connectivity index (χ3n) is 1.87. The summed E-state index contributed by atoms with van der Waals surface area (Å²) < 4.78 is 4.90. The topological polar surface area (TPSA) is 26.3 Å². The molecular formula is C12H13BrO2. The average molecular weight is 269 g/mol. The molecule has 0 saturated carbocycles. The molecule has 1 unspecified atom stereocenters. The molecule has 0 aliphatic rings. The van der Waals surface area contributed by atoms with Crippen molar-refractivity contribution < 1.29 is 9.53 Å². The standard InChI is InChI=1S/C12H13BrO2/c1-2-8-15-12(14)9-11(13)10-6-4-3-5-7-10/h2-7,11H,1,8-9H2. The van der Waals surface area contributed by atoms with Crippen molar-refractivity contribution in [3.63, 3.8) is 0 Å². The highest BCUT2D eigenvalue weighted by atomic mass is 79.9. The van der Waals surface area contributed by atoms with E-state index in [4.69, 9.17) is 4.74 Å². The molecule has 0 aliphatic carbocycles. The van der Waals surface area contributed by atoms with E-state index < -0.39 is 0 Å². The van der Waals surface area contributed by atoms with Crippen LogP contribution in [0, 0.1) is 0 Å². The average Bonchev–Trinajstić information content (AvgIpc) is 2.27. The van der Waals surface area contributed by atoms with Gasteiger partial charge in [-0.25, -0.2) is 0 Å². The van der Waals surface area contributed by atoms with Crippen LogP contribution in [0.2, 0.25) is 0 Å². The molecule has 0 amide bonds. The molecule has 0 radical (unpaired) electrons. The second kappa shape index (κ2) is 6.40. The second-order valence-corrected chi connectivity index (χ2v) is 4.16. The van der Waals surface area contributed by atoms with Gasteiger partial charge in [-0.05, 0) is 5.56 Å². The molecule has 1 aromatic carbocycles. The molecular weight excluding hydrogens is 256 g/mol. The number of alkyl halides is 1. The van der Waals surface area contributed by atoms with Crippen LogP contribution in [0.1, 0.15) is 16.8 Å². The van der Waals surface area contributed by atoms with Gasteiger partial charge < -0.3 is 4.74 Å². The van der Waals surface area contributed by atoms with Crippen molar-refractivity contribution in [3.05, 3.63) is 48.6 Å². The van der Waals surface area contributed by atoms with Crippen LogP contribution in [-0.4, -0.2) is 12.6 Å². The molecule has 1 aromatic rings. The molecule has 0 N–H and O–H groups in total. The smallest absolute Gasteiger partial charge is 0.307 e. The summed E-state index contributed by atoms with van der Waals surface area (Å²) in [6, 6.07) is 9.77. The first kappa shape index (κ1) is 12.0. The fourth-order valence-corrected chi connectivity index (χ4v) is 1.71. The van der Waals surface area contributed by atoms with Crippen LogP contribution in [0.15, 0.2) is 43.0 Å². The van der Waals surface area contributed by atoms with Crippen LogP contribution in [0.25, 0.3) is 0 Å². The fraction of sp³-hybridized carbons (Fsp3) is 0.250. The number of hydrogen-bond acceptors (Lipinski definition) is 2. The molecule has 2 nitrogen and oxygen atoms in total. The third kappa shape index (κ3) is 4.30. The number of rotatable bonds is 5. The molecule has 0 spiro atoms. The zero-order valence-corrected chi connectivity index (χ0v) is 9.94. The molecule has 15 heavy (non-hydrogen) atoms. The van der Waals surface area contributed by atoms with E-state index in [1.54, 1.807) is 6.08 Å². The maximum Gasteiger partial charge on any atom is 0.307 e. The maximum atomic E-state index is 11.3. The summed E-state index contributed by atoms with van der Waals surface area (Å²) in [7, 11) is 0. The number of ether oxygens (including phenoxy) is 1. The SMILES string of the molecule is C=CCOC(=O)CC(Br)c1ccccc1. The molecule has 0 saturated heterocycles. The lowest BCUT2D eigenvalue weighted by molar-refractivity contribution is -0.142. The minimum atomic E-state index is -0.222. The van der Waals surface area contributed by atoms with Crippen molar-refractivity contribution in [2.45, 2.75) is 11.2 Å². The monoisotopic (exact) mass is 268 g/mol. The summed E-state index contributed by atoms with van der Waals surface area (Å²) in [6.07, 6.45) is 1.89. The fourth-order valence-electron chi connectivity index (χ4n) is 1.14. The third-order valence-corrected chi connectivity index (χ3v) is 2.72. The summed E-state index contributed by atoms with van der Waals surface area (Å²) in [5.41, 5.74) is 1.08. The molecule has 1 rings (SSSR count). The lowest BCUT2D eigenvalue weighted by Crippen LogP contribution is -2.07. The van der Waals surface area contributed by atoms with Gasteiger partial charge in [-0.2, -0.15) is 0 Å². The van der Waals surface area contributed by atoms with Gasteiger partial charge in [0.05, 0.1) is 6.42 Å². The number of benzene rings is 1. The van der Waals surface area contributed by atoms with Crippen molar-refractivity contribution in [2.24, 2.45) is 0 Å². The summed E-state index contributed by atoms with van der Waals surface area (Å²) in [6.45, 7) is 3.75. The van der Waals surface area contributed by atoms with Gasteiger partial charge in [0, 0.05) is 4.83 Å². The Morgan fingerprint density at radius 1 is 1.47 bits per heavy atom. The Morgan fingerprint density at radius 3 is 2.73 bits per heavy atom. The zero-order valence-electron chi connectivity index (χ0n) is 8.36. The Kier molecular flexibility index (Phi) is 5.12. The van der Waals surface area contributed by atoms with Crippen LogP contribution >= 0.6 is 15.9 Å². The number of carbonyl (C=O) groups is 1. The van der Waals surface area contributed by atoms with Gasteiger partial charge in [0.2, 0.25) is 0 Å². The van der Waals surface area contributed by atoms with Crippen LogP contribution in [0.4, 0.5) is 0 Å². The van der Waals surface area contributed by atoms with Gasteiger partial charge in [-0.1, -0.05) is 58.9 Å². The van der Waals surface area contributed by atoms with Gasteiger partial charge in [0.25, 0.3) is 0 Å². The highest BCUT2D eigenvalue weighted by molar-refractivity contribution is 9.09. The van der Waals surface area contributed by atoms with E-state index in [0.717, 1.165) is 5.56 Å². The summed E-state index contributed by atoms with van der Waals surface area (Å²) in [5.74, 6) is -0.222. The highest BCUT2D eigenvalue weighted by Gasteiger charge is 2.12. The van der Waals surface area contributed by atoms with Crippen molar-refractivity contribution in [1.82, 2.24) is 0 Å². The number of hydrogen-bond donors (Lipinski definition) is 0. The molecule has 1 atom stereocenters. The van der Waals surface area contributed by atoms with Gasteiger partial charge in [0.1, 0.15) is 6.61 Å². The van der Waals surface area contributed by atoms with E-state index in [1.165, 1.54) is 0 Å². The second-order valence-electron chi connectivity index (χ2n) is 3.05. The van der Waals surface area contributed by atoms with E-state index >= 15 is 0 Å². The highest BCUT2D eigenvalue weighted by Crippen LogP contribution is 2.26. The molecule has 0 aliphatic heterocycles. The van der Waals surface area contributed by atoms with E-state index in [0.29, 0.717) is 6.42 Å². The van der Waals surface area contributed by atoms with Crippen LogP contribution in [0.5, 0.6) is 0 Å². The molecule has 0 aromatic heterocycles. The lowest BCUT2D eigenvalue weighted by Gasteiger charge is -2.08. The van der Waals surface area contributed by atoms with Crippen LogP contribution < -0.4 is 0 Å². The molecule has 3 heteroatoms. The molecule has 0 bridgehead atoms. The number of halogens is 1. The Balaban J connectivity index is 2.45. The first-order valence-corrected chi connectivity index (χ1v) is 5.61. The van der Waals surface area contributed by atoms with E-state index in [9.17, 15) is 4.79 Å². The molecule has 0 heterocycles. The van der Waals surface area contributed by atoms with E-state index in [2.05, 4.69) is 22.5 Å². The van der Waals surface area contributed by atoms with Gasteiger partial charge in [-0.3, -0.25) is 4.79 Å². The maximum absolute atomic E-state index is 11.3. The minimum absolute atomic E-state index is 0.0102. The minimum Gasteiger partial charge on any atom is -0.461 e. The van der Waals surface area contributed by atoms with Gasteiger partial charge in [0.15, 0.2) is 0 Å². The Bertz CT molecular complexity index is 322. The Morgan fingerprint density at radius 2 is 2.13 bits per heavy atom. The van der Waals surface area contributed by atoms with Crippen molar-refractivity contribution in [2.75, 3.05) is 6.61 Å². The predicted octanol–water partition coefficient (Wildman–Crippen LogP) is 3.24. The number of carbonyl (C=O) groups excluding carboxylic acids is 1. The van der Waals surface area contributed by atoms with E-state index in [-0.39, 0.29) is 17.4 Å². The summed E-state index contributed by atoms with van der Waals surface area (Å²) >= 11 is 3.45.